The first-order valence-electron chi connectivity index (χ1n) is 12.9. The summed E-state index contributed by atoms with van der Waals surface area (Å²) in [6, 6.07) is 9.67. The van der Waals surface area contributed by atoms with E-state index >= 15 is 0 Å². The van der Waals surface area contributed by atoms with Crippen LogP contribution in [-0.2, 0) is 19.1 Å². The molecule has 16 heteroatoms. The number of hydrogen-bond acceptors (Lipinski definition) is 10. The molecule has 1 saturated carbocycles. The monoisotopic (exact) mass is 646 g/mol. The number of nitrogens with zero attached hydrogens (tertiary/aromatic N) is 5. The molecule has 224 valence electrons. The molecule has 0 bridgehead atoms. The normalized spacial score (nSPS) is 16.4. The summed E-state index contributed by atoms with van der Waals surface area (Å²) in [5, 5.41) is 19.9. The minimum atomic E-state index is -4.73. The molecule has 1 aliphatic heterocycles. The molecule has 43 heavy (non-hydrogen) atoms. The Bertz CT molecular complexity index is 1780. The summed E-state index contributed by atoms with van der Waals surface area (Å²) in [4.78, 5) is 42.8. The van der Waals surface area contributed by atoms with Crippen molar-refractivity contribution in [2.75, 3.05) is 17.4 Å². The van der Waals surface area contributed by atoms with Crippen LogP contribution in [-0.4, -0.2) is 60.1 Å². The van der Waals surface area contributed by atoms with Gasteiger partial charge in [-0.3, -0.25) is 19.7 Å². The first-order valence-corrected chi connectivity index (χ1v) is 15.1. The summed E-state index contributed by atoms with van der Waals surface area (Å²) in [5.74, 6) is -1.41. The van der Waals surface area contributed by atoms with Crippen LogP contribution in [0.25, 0.3) is 0 Å². The fraction of sp³-hybridized carbons (Fsp3) is 0.259. The van der Waals surface area contributed by atoms with E-state index in [9.17, 15) is 28.1 Å². The Hall–Kier alpha value is -4.27. The highest BCUT2D eigenvalue weighted by Gasteiger charge is 2.40. The molecule has 3 aromatic rings. The number of amides is 2. The van der Waals surface area contributed by atoms with Crippen LogP contribution in [0, 0.1) is 17.0 Å². The zero-order valence-corrected chi connectivity index (χ0v) is 25.1. The Morgan fingerprint density at radius 1 is 1.16 bits per heavy atom. The van der Waals surface area contributed by atoms with Crippen molar-refractivity contribution in [2.45, 2.75) is 43.2 Å². The molecule has 2 heterocycles. The third kappa shape index (κ3) is 6.26. The number of carbonyl (C=O) groups excluding carboxylic acids is 2. The van der Waals surface area contributed by atoms with Crippen LogP contribution in [0.2, 0.25) is 10.0 Å². The molecule has 2 aromatic carbocycles. The van der Waals surface area contributed by atoms with Gasteiger partial charge in [-0.2, -0.15) is 8.42 Å². The Kier molecular flexibility index (Phi) is 8.27. The van der Waals surface area contributed by atoms with Crippen LogP contribution in [0.4, 0.5) is 17.2 Å². The number of benzene rings is 2. The van der Waals surface area contributed by atoms with Crippen LogP contribution in [0.5, 0.6) is 0 Å². The van der Waals surface area contributed by atoms with E-state index < -0.39 is 43.5 Å². The number of nitrogens with one attached hydrogen (secondary N) is 1. The molecule has 0 spiro atoms. The number of anilines is 2. The Balaban J connectivity index is 1.48. The molecule has 5 rings (SSSR count). The van der Waals surface area contributed by atoms with Crippen LogP contribution in [0.3, 0.4) is 0 Å². The first-order chi connectivity index (χ1) is 20.4. The second kappa shape index (κ2) is 11.8. The van der Waals surface area contributed by atoms with E-state index in [-0.39, 0.29) is 40.5 Å². The van der Waals surface area contributed by atoms with E-state index in [0.717, 1.165) is 30.0 Å². The zero-order chi connectivity index (χ0) is 31.1. The molecule has 1 atom stereocenters. The van der Waals surface area contributed by atoms with E-state index in [1.165, 1.54) is 30.5 Å². The van der Waals surface area contributed by atoms with Gasteiger partial charge >= 0.3 is 10.1 Å². The van der Waals surface area contributed by atoms with Crippen molar-refractivity contribution in [1.82, 2.24) is 9.88 Å². The fourth-order valence-corrected chi connectivity index (χ4v) is 6.14. The number of pyridine rings is 1. The van der Waals surface area contributed by atoms with E-state index in [4.69, 9.17) is 27.4 Å². The summed E-state index contributed by atoms with van der Waals surface area (Å²) >= 11 is 12.6. The lowest BCUT2D eigenvalue weighted by Gasteiger charge is -2.24. The number of hydrogen-bond donors (Lipinski definition) is 1. The maximum atomic E-state index is 13.8. The van der Waals surface area contributed by atoms with Gasteiger partial charge in [0.05, 0.1) is 27.6 Å². The van der Waals surface area contributed by atoms with Crippen LogP contribution < -0.4 is 10.3 Å². The molecule has 1 aromatic heterocycles. The van der Waals surface area contributed by atoms with Crippen molar-refractivity contribution >= 4 is 68.2 Å². The Labute approximate surface area is 256 Å². The third-order valence-electron chi connectivity index (χ3n) is 6.87. The lowest BCUT2D eigenvalue weighted by Crippen LogP contribution is -2.40. The van der Waals surface area contributed by atoms with Gasteiger partial charge in [-0.15, -0.1) is 5.10 Å². The molecule has 0 saturated heterocycles. The highest BCUT2D eigenvalue weighted by Crippen LogP contribution is 2.34. The predicted octanol–water partition coefficient (Wildman–Crippen LogP) is 4.78. The molecule has 2 amide bonds. The number of nitro benzene ring substituents is 1. The highest BCUT2D eigenvalue weighted by molar-refractivity contribution is 7.87. The number of carbonyl (C=O) groups is 2. The molecular weight excluding hydrogens is 623 g/mol. The number of hydrazone groups is 1. The van der Waals surface area contributed by atoms with Gasteiger partial charge in [0.15, 0.2) is 10.7 Å². The molecule has 1 N–H and O–H groups in total. The van der Waals surface area contributed by atoms with Gasteiger partial charge in [0, 0.05) is 30.4 Å². The summed E-state index contributed by atoms with van der Waals surface area (Å²) in [6.07, 6.45) is 2.78. The van der Waals surface area contributed by atoms with Gasteiger partial charge in [-0.05, 0) is 55.7 Å². The maximum Gasteiger partial charge on any atom is 0.347 e. The number of nitro groups is 1. The van der Waals surface area contributed by atoms with Crippen LogP contribution >= 0.6 is 23.2 Å². The number of para-hydroxylation sites is 1. The van der Waals surface area contributed by atoms with E-state index in [2.05, 4.69) is 15.4 Å². The number of halogens is 2. The molecule has 2 aliphatic rings. The van der Waals surface area contributed by atoms with Crippen molar-refractivity contribution in [3.63, 3.8) is 0 Å². The summed E-state index contributed by atoms with van der Waals surface area (Å²) in [7, 11) is -3.05. The standard InChI is InChI=1S/C27H24Cl2N6O7S/c1-15-12-16(28)13-18(27(37)33(2)17-9-10-17)24(15)31-26(36)21-14-23(32-34(21)25-19(29)6-5-11-30-25)42-43(40,41)22-8-4-3-7-20(22)35(38)39/h3-8,11-13,17,21H,9-10,14H2,1-2H3,(H,31,36). The maximum absolute atomic E-state index is 13.8. The summed E-state index contributed by atoms with van der Waals surface area (Å²) in [5.41, 5.74) is 0.238. The van der Waals surface area contributed by atoms with E-state index in [1.807, 2.05) is 0 Å². The fourth-order valence-electron chi connectivity index (χ4n) is 4.57. The van der Waals surface area contributed by atoms with Crippen molar-refractivity contribution in [3.8, 4) is 0 Å². The molecule has 1 aliphatic carbocycles. The minimum absolute atomic E-state index is 0.0311. The molecular formula is C27H24Cl2N6O7S. The van der Waals surface area contributed by atoms with E-state index in [1.54, 1.807) is 31.0 Å². The van der Waals surface area contributed by atoms with Crippen molar-refractivity contribution in [3.05, 3.63) is 86.0 Å². The number of aryl methyl sites for hydroxylation is 1. The Morgan fingerprint density at radius 3 is 2.56 bits per heavy atom. The number of aromatic nitrogens is 1. The molecule has 0 radical (unpaired) electrons. The number of rotatable bonds is 8. The first kappa shape index (κ1) is 30.2. The van der Waals surface area contributed by atoms with Gasteiger partial charge in [0.1, 0.15) is 6.04 Å². The van der Waals surface area contributed by atoms with Crippen LogP contribution in [0.15, 0.2) is 64.7 Å². The van der Waals surface area contributed by atoms with Gasteiger partial charge in [0.25, 0.3) is 11.6 Å². The van der Waals surface area contributed by atoms with Gasteiger partial charge in [-0.25, -0.2) is 9.99 Å². The minimum Gasteiger partial charge on any atom is -0.361 e. The van der Waals surface area contributed by atoms with Gasteiger partial charge < -0.3 is 14.4 Å². The molecule has 13 nitrogen and oxygen atoms in total. The SMILES string of the molecule is Cc1cc(Cl)cc(C(=O)N(C)C2CC2)c1NC(=O)C1CC(OS(=O)(=O)c2ccccc2[N+](=O)[O-])=NN1c1ncccc1Cl. The van der Waals surface area contributed by atoms with Gasteiger partial charge in [-0.1, -0.05) is 35.3 Å². The van der Waals surface area contributed by atoms with E-state index in [0.29, 0.717) is 10.6 Å². The average Bonchev–Trinajstić information content (AvgIpc) is 3.73. The van der Waals surface area contributed by atoms with Crippen LogP contribution in [0.1, 0.15) is 35.2 Å². The summed E-state index contributed by atoms with van der Waals surface area (Å²) < 4.78 is 31.4. The van der Waals surface area contributed by atoms with Crippen molar-refractivity contribution in [1.29, 1.82) is 0 Å². The second-order valence-electron chi connectivity index (χ2n) is 9.91. The smallest absolute Gasteiger partial charge is 0.347 e. The predicted molar refractivity (Wildman–Crippen MR) is 159 cm³/mol. The molecule has 1 fully saturated rings. The van der Waals surface area contributed by atoms with Crippen molar-refractivity contribution < 1.29 is 27.1 Å². The zero-order valence-electron chi connectivity index (χ0n) is 22.7. The largest absolute Gasteiger partial charge is 0.361 e. The average molecular weight is 647 g/mol. The summed E-state index contributed by atoms with van der Waals surface area (Å²) in [6.45, 7) is 1.68. The Morgan fingerprint density at radius 2 is 1.88 bits per heavy atom. The lowest BCUT2D eigenvalue weighted by atomic mass is 10.1. The van der Waals surface area contributed by atoms with Crippen molar-refractivity contribution in [2.24, 2.45) is 5.10 Å². The lowest BCUT2D eigenvalue weighted by molar-refractivity contribution is -0.387. The van der Waals surface area contributed by atoms with Gasteiger partial charge in [0.2, 0.25) is 11.8 Å². The quantitative estimate of drug-likeness (QED) is 0.206. The topological polar surface area (TPSA) is 164 Å². The second-order valence-corrected chi connectivity index (χ2v) is 12.3. The highest BCUT2D eigenvalue weighted by atomic mass is 35.5. The molecule has 1 unspecified atom stereocenters. The third-order valence-corrected chi connectivity index (χ3v) is 8.68.